The van der Waals surface area contributed by atoms with E-state index in [4.69, 9.17) is 11.6 Å². The highest BCUT2D eigenvalue weighted by Crippen LogP contribution is 2.42. The first-order valence-electron chi connectivity index (χ1n) is 8.25. The third-order valence-electron chi connectivity index (χ3n) is 4.72. The van der Waals surface area contributed by atoms with Gasteiger partial charge in [0.25, 0.3) is 0 Å². The summed E-state index contributed by atoms with van der Waals surface area (Å²) in [5.74, 6) is 0.259. The molecule has 0 aliphatic carbocycles. The van der Waals surface area contributed by atoms with Crippen molar-refractivity contribution in [1.82, 2.24) is 5.32 Å². The normalized spacial score (nSPS) is 22.1. The van der Waals surface area contributed by atoms with Crippen LogP contribution in [0.15, 0.2) is 72.8 Å². The predicted octanol–water partition coefficient (Wildman–Crippen LogP) is 5.02. The Balaban J connectivity index is 1.87. The number of nitrogens with one attached hydrogen (secondary N) is 2. The van der Waals surface area contributed by atoms with E-state index in [9.17, 15) is 5.11 Å². The van der Waals surface area contributed by atoms with Crippen molar-refractivity contribution in [2.75, 3.05) is 5.32 Å². The SMILES string of the molecule is C[C@]1(c2ccccc2O)Nc2ccc(Cl)cc2[C@H](c2ccccc2)N1. The van der Waals surface area contributed by atoms with Gasteiger partial charge in [0, 0.05) is 16.3 Å². The minimum absolute atomic E-state index is 0.0410. The van der Waals surface area contributed by atoms with Crippen molar-refractivity contribution in [1.29, 1.82) is 0 Å². The molecule has 0 unspecified atom stereocenters. The predicted molar refractivity (Wildman–Crippen MR) is 102 cm³/mol. The van der Waals surface area contributed by atoms with Crippen LogP contribution in [0.25, 0.3) is 0 Å². The molecule has 0 amide bonds. The van der Waals surface area contributed by atoms with Gasteiger partial charge >= 0.3 is 0 Å². The van der Waals surface area contributed by atoms with Crippen molar-refractivity contribution in [3.63, 3.8) is 0 Å². The molecule has 3 aromatic carbocycles. The van der Waals surface area contributed by atoms with Gasteiger partial charge in [0.05, 0.1) is 6.04 Å². The summed E-state index contributed by atoms with van der Waals surface area (Å²) in [6.45, 7) is 2.04. The van der Waals surface area contributed by atoms with Gasteiger partial charge in [0.1, 0.15) is 11.4 Å². The minimum atomic E-state index is -0.618. The van der Waals surface area contributed by atoms with Crippen LogP contribution in [0.2, 0.25) is 5.02 Å². The quantitative estimate of drug-likeness (QED) is 0.607. The number of rotatable bonds is 2. The first kappa shape index (κ1) is 16.0. The number of phenolic OH excluding ortho intramolecular Hbond substituents is 1. The van der Waals surface area contributed by atoms with Crippen LogP contribution in [0, 0.1) is 0 Å². The Morgan fingerprint density at radius 1 is 0.960 bits per heavy atom. The molecule has 1 aliphatic rings. The summed E-state index contributed by atoms with van der Waals surface area (Å²) >= 11 is 6.25. The monoisotopic (exact) mass is 350 g/mol. The van der Waals surface area contributed by atoms with E-state index in [2.05, 4.69) is 22.8 Å². The Morgan fingerprint density at radius 3 is 2.44 bits per heavy atom. The van der Waals surface area contributed by atoms with E-state index in [1.165, 1.54) is 0 Å². The van der Waals surface area contributed by atoms with Crippen LogP contribution in [-0.2, 0) is 5.66 Å². The van der Waals surface area contributed by atoms with Crippen LogP contribution in [-0.4, -0.2) is 5.11 Å². The van der Waals surface area contributed by atoms with Crippen LogP contribution < -0.4 is 10.6 Å². The number of benzene rings is 3. The number of halogens is 1. The summed E-state index contributed by atoms with van der Waals surface area (Å²) in [5.41, 5.74) is 3.42. The summed E-state index contributed by atoms with van der Waals surface area (Å²) < 4.78 is 0. The number of anilines is 1. The van der Waals surface area contributed by atoms with Crippen LogP contribution in [0.1, 0.15) is 29.7 Å². The van der Waals surface area contributed by atoms with Gasteiger partial charge in [-0.25, -0.2) is 0 Å². The molecule has 0 saturated heterocycles. The number of hydrogen-bond donors (Lipinski definition) is 3. The second kappa shape index (κ2) is 6.10. The lowest BCUT2D eigenvalue weighted by Crippen LogP contribution is -2.51. The van der Waals surface area contributed by atoms with Crippen molar-refractivity contribution >= 4 is 17.3 Å². The lowest BCUT2D eigenvalue weighted by molar-refractivity contribution is 0.349. The number of fused-ring (bicyclic) bond motifs is 1. The maximum atomic E-state index is 10.4. The third-order valence-corrected chi connectivity index (χ3v) is 4.95. The molecule has 3 aromatic rings. The van der Waals surface area contributed by atoms with Crippen LogP contribution in [0.5, 0.6) is 5.75 Å². The summed E-state index contributed by atoms with van der Waals surface area (Å²) in [4.78, 5) is 0. The first-order chi connectivity index (χ1) is 12.1. The van der Waals surface area contributed by atoms with Gasteiger partial charge in [0.15, 0.2) is 0 Å². The molecule has 1 aliphatic heterocycles. The summed E-state index contributed by atoms with van der Waals surface area (Å²) in [6.07, 6.45) is 0. The average molecular weight is 351 g/mol. The van der Waals surface area contributed by atoms with Gasteiger partial charge in [-0.1, -0.05) is 60.1 Å². The van der Waals surface area contributed by atoms with E-state index in [0.717, 1.165) is 22.4 Å². The maximum Gasteiger partial charge on any atom is 0.122 e. The van der Waals surface area contributed by atoms with Gasteiger partial charge in [-0.2, -0.15) is 0 Å². The van der Waals surface area contributed by atoms with Crippen molar-refractivity contribution in [3.8, 4) is 5.75 Å². The van der Waals surface area contributed by atoms with Gasteiger partial charge in [-0.15, -0.1) is 0 Å². The van der Waals surface area contributed by atoms with Crippen molar-refractivity contribution < 1.29 is 5.11 Å². The Labute approximate surface area is 152 Å². The fraction of sp³-hybridized carbons (Fsp3) is 0.143. The molecule has 3 nitrogen and oxygen atoms in total. The van der Waals surface area contributed by atoms with E-state index in [1.54, 1.807) is 6.07 Å². The molecular formula is C21H19ClN2O. The van der Waals surface area contributed by atoms with E-state index >= 15 is 0 Å². The minimum Gasteiger partial charge on any atom is -0.508 e. The molecule has 0 aromatic heterocycles. The Morgan fingerprint density at radius 2 is 1.68 bits per heavy atom. The zero-order valence-electron chi connectivity index (χ0n) is 13.8. The fourth-order valence-corrected chi connectivity index (χ4v) is 3.69. The lowest BCUT2D eigenvalue weighted by atomic mass is 9.88. The highest BCUT2D eigenvalue weighted by Gasteiger charge is 2.37. The molecule has 4 rings (SSSR count). The topological polar surface area (TPSA) is 44.3 Å². The highest BCUT2D eigenvalue weighted by atomic mass is 35.5. The molecule has 2 atom stereocenters. The molecule has 0 saturated carbocycles. The Bertz CT molecular complexity index is 913. The molecule has 0 spiro atoms. The number of para-hydroxylation sites is 1. The number of aromatic hydroxyl groups is 1. The molecule has 0 fully saturated rings. The van der Waals surface area contributed by atoms with Gasteiger partial charge in [0.2, 0.25) is 0 Å². The maximum absolute atomic E-state index is 10.4. The van der Waals surface area contributed by atoms with Crippen LogP contribution >= 0.6 is 11.6 Å². The third kappa shape index (κ3) is 2.86. The molecule has 126 valence electrons. The average Bonchev–Trinajstić information content (AvgIpc) is 2.62. The number of phenols is 1. The van der Waals surface area contributed by atoms with E-state index < -0.39 is 5.66 Å². The molecule has 4 heteroatoms. The van der Waals surface area contributed by atoms with Crippen molar-refractivity contribution in [2.24, 2.45) is 0 Å². The highest BCUT2D eigenvalue weighted by molar-refractivity contribution is 6.30. The Kier molecular flexibility index (Phi) is 3.91. The molecule has 0 radical (unpaired) electrons. The zero-order valence-corrected chi connectivity index (χ0v) is 14.6. The first-order valence-corrected chi connectivity index (χ1v) is 8.63. The van der Waals surface area contributed by atoms with Crippen LogP contribution in [0.4, 0.5) is 5.69 Å². The van der Waals surface area contributed by atoms with Crippen LogP contribution in [0.3, 0.4) is 0 Å². The van der Waals surface area contributed by atoms with E-state index in [0.29, 0.717) is 5.02 Å². The van der Waals surface area contributed by atoms with Gasteiger partial charge in [-0.05, 0) is 42.3 Å². The van der Waals surface area contributed by atoms with Crippen molar-refractivity contribution in [3.05, 3.63) is 94.5 Å². The van der Waals surface area contributed by atoms with Gasteiger partial charge < -0.3 is 10.4 Å². The Hall–Kier alpha value is -2.49. The number of hydrogen-bond acceptors (Lipinski definition) is 3. The van der Waals surface area contributed by atoms with E-state index in [-0.39, 0.29) is 11.8 Å². The smallest absolute Gasteiger partial charge is 0.122 e. The summed E-state index contributed by atoms with van der Waals surface area (Å²) in [7, 11) is 0. The fourth-order valence-electron chi connectivity index (χ4n) is 3.51. The molecule has 3 N–H and O–H groups in total. The van der Waals surface area contributed by atoms with Crippen molar-refractivity contribution in [2.45, 2.75) is 18.6 Å². The molecular weight excluding hydrogens is 332 g/mol. The second-order valence-corrected chi connectivity index (χ2v) is 6.92. The summed E-state index contributed by atoms with van der Waals surface area (Å²) in [6, 6.07) is 23.5. The second-order valence-electron chi connectivity index (χ2n) is 6.49. The standard InChI is InChI=1S/C21H19ClN2O/c1-21(17-9-5-6-10-19(17)25)23-18-12-11-15(22)13-16(18)20(24-21)14-7-3-2-4-8-14/h2-13,20,23-25H,1H3/t20-,21-/m0/s1. The lowest BCUT2D eigenvalue weighted by Gasteiger charge is -2.43. The molecule has 25 heavy (non-hydrogen) atoms. The molecule has 0 bridgehead atoms. The van der Waals surface area contributed by atoms with Gasteiger partial charge in [-0.3, -0.25) is 5.32 Å². The largest absolute Gasteiger partial charge is 0.508 e. The summed E-state index contributed by atoms with van der Waals surface area (Å²) in [5, 5.41) is 18.3. The zero-order chi connectivity index (χ0) is 17.4. The molecule has 1 heterocycles. The van der Waals surface area contributed by atoms with E-state index in [1.807, 2.05) is 61.5 Å².